The minimum Gasteiger partial charge on any atom is -0.306 e. The summed E-state index contributed by atoms with van der Waals surface area (Å²) >= 11 is 11.2. The smallest absolute Gasteiger partial charge is 0.257 e. The molecule has 0 aliphatic rings. The fraction of sp³-hybridized carbons (Fsp3) is 0. The molecule has 2 rings (SSSR count). The highest BCUT2D eigenvalue weighted by Crippen LogP contribution is 2.15. The molecule has 0 radical (unpaired) electrons. The number of hydrogen-bond donors (Lipinski definition) is 1. The van der Waals surface area contributed by atoms with Crippen molar-refractivity contribution in [2.24, 2.45) is 0 Å². The van der Waals surface area contributed by atoms with E-state index in [9.17, 15) is 9.18 Å². The van der Waals surface area contributed by atoms with Crippen molar-refractivity contribution in [1.82, 2.24) is 15.0 Å². The lowest BCUT2D eigenvalue weighted by atomic mass is 10.2. The Kier molecular flexibility index (Phi) is 3.69. The molecule has 0 atom stereocenters. The van der Waals surface area contributed by atoms with Gasteiger partial charge in [0, 0.05) is 23.9 Å². The average molecular weight is 287 g/mol. The molecule has 5 nitrogen and oxygen atoms in total. The van der Waals surface area contributed by atoms with Crippen molar-refractivity contribution in [3.8, 4) is 0 Å². The Hall–Kier alpha value is -1.79. The molecule has 1 N–H and O–H groups in total. The van der Waals surface area contributed by atoms with E-state index in [1.54, 1.807) is 0 Å². The lowest BCUT2D eigenvalue weighted by molar-refractivity contribution is 0.102. The number of halogens is 3. The molecule has 2 heterocycles. The Morgan fingerprint density at radius 2 is 2.06 bits per heavy atom. The number of nitrogens with one attached hydrogen (secondary N) is 1. The summed E-state index contributed by atoms with van der Waals surface area (Å²) in [5.74, 6) is -1.18. The number of rotatable bonds is 2. The SMILES string of the molecule is O=C(Nc1cc(Cl)nc(Cl)n1)c1ccnc(F)c1. The Morgan fingerprint density at radius 1 is 1.28 bits per heavy atom. The second-order valence-corrected chi connectivity index (χ2v) is 3.89. The van der Waals surface area contributed by atoms with E-state index < -0.39 is 11.9 Å². The van der Waals surface area contributed by atoms with Crippen LogP contribution in [-0.4, -0.2) is 20.9 Å². The molecular formula is C10H5Cl2FN4O. The van der Waals surface area contributed by atoms with E-state index >= 15 is 0 Å². The van der Waals surface area contributed by atoms with E-state index in [4.69, 9.17) is 23.2 Å². The maximum atomic E-state index is 12.8. The molecule has 0 fully saturated rings. The van der Waals surface area contributed by atoms with Gasteiger partial charge >= 0.3 is 0 Å². The topological polar surface area (TPSA) is 67.8 Å². The second kappa shape index (κ2) is 5.24. The molecule has 0 spiro atoms. The summed E-state index contributed by atoms with van der Waals surface area (Å²) in [4.78, 5) is 22.5. The Bertz CT molecular complexity index is 588. The highest BCUT2D eigenvalue weighted by Gasteiger charge is 2.09. The van der Waals surface area contributed by atoms with Crippen LogP contribution in [-0.2, 0) is 0 Å². The second-order valence-electron chi connectivity index (χ2n) is 3.17. The van der Waals surface area contributed by atoms with Crippen LogP contribution in [0.25, 0.3) is 0 Å². The summed E-state index contributed by atoms with van der Waals surface area (Å²) in [6.07, 6.45) is 1.18. The largest absolute Gasteiger partial charge is 0.306 e. The van der Waals surface area contributed by atoms with Gasteiger partial charge in [-0.2, -0.15) is 4.39 Å². The van der Waals surface area contributed by atoms with Crippen LogP contribution in [0, 0.1) is 5.95 Å². The zero-order chi connectivity index (χ0) is 13.1. The van der Waals surface area contributed by atoms with Gasteiger partial charge in [0.1, 0.15) is 11.0 Å². The first-order valence-electron chi connectivity index (χ1n) is 4.67. The molecule has 1 amide bonds. The summed E-state index contributed by atoms with van der Waals surface area (Å²) in [5.41, 5.74) is 0.105. The highest BCUT2D eigenvalue weighted by atomic mass is 35.5. The minimum absolute atomic E-state index is 0.0891. The summed E-state index contributed by atoms with van der Waals surface area (Å²) in [7, 11) is 0. The summed E-state index contributed by atoms with van der Waals surface area (Å²) < 4.78 is 12.8. The molecule has 0 aromatic carbocycles. The van der Waals surface area contributed by atoms with Gasteiger partial charge in [-0.15, -0.1) is 0 Å². The number of anilines is 1. The molecule has 0 aliphatic carbocycles. The van der Waals surface area contributed by atoms with Gasteiger partial charge < -0.3 is 5.32 Å². The van der Waals surface area contributed by atoms with Crippen molar-refractivity contribution < 1.29 is 9.18 Å². The van der Waals surface area contributed by atoms with Crippen molar-refractivity contribution in [2.75, 3.05) is 5.32 Å². The van der Waals surface area contributed by atoms with Gasteiger partial charge in [0.25, 0.3) is 5.91 Å². The predicted molar refractivity (Wildman–Crippen MR) is 64.2 cm³/mol. The molecule has 18 heavy (non-hydrogen) atoms. The van der Waals surface area contributed by atoms with Gasteiger partial charge in [0.15, 0.2) is 0 Å². The first-order chi connectivity index (χ1) is 8.54. The van der Waals surface area contributed by atoms with Gasteiger partial charge in [0.05, 0.1) is 0 Å². The van der Waals surface area contributed by atoms with Crippen LogP contribution in [0.5, 0.6) is 0 Å². The molecule has 2 aromatic rings. The number of carbonyl (C=O) groups excluding carboxylic acids is 1. The molecule has 0 unspecified atom stereocenters. The fourth-order valence-electron chi connectivity index (χ4n) is 1.19. The van der Waals surface area contributed by atoms with Crippen molar-refractivity contribution in [3.05, 3.63) is 46.3 Å². The molecule has 92 valence electrons. The highest BCUT2D eigenvalue weighted by molar-refractivity contribution is 6.32. The monoisotopic (exact) mass is 286 g/mol. The minimum atomic E-state index is -0.749. The van der Waals surface area contributed by atoms with Crippen LogP contribution in [0.15, 0.2) is 24.4 Å². The fourth-order valence-corrected chi connectivity index (χ4v) is 1.59. The number of nitrogens with zero attached hydrogens (tertiary/aromatic N) is 3. The van der Waals surface area contributed by atoms with E-state index in [2.05, 4.69) is 20.3 Å². The number of carbonyl (C=O) groups is 1. The van der Waals surface area contributed by atoms with Crippen LogP contribution in [0.2, 0.25) is 10.4 Å². The number of pyridine rings is 1. The first-order valence-corrected chi connectivity index (χ1v) is 5.43. The summed E-state index contributed by atoms with van der Waals surface area (Å²) in [6.45, 7) is 0. The normalized spacial score (nSPS) is 10.2. The lowest BCUT2D eigenvalue weighted by Crippen LogP contribution is -2.13. The standard InChI is InChI=1S/C10H5Cl2FN4O/c11-6-4-8(17-10(12)15-6)16-9(18)5-1-2-14-7(13)3-5/h1-4H,(H,15,16,17,18). The molecule has 8 heteroatoms. The van der Waals surface area contributed by atoms with Crippen LogP contribution >= 0.6 is 23.2 Å². The average Bonchev–Trinajstić information content (AvgIpc) is 2.27. The van der Waals surface area contributed by atoms with Crippen LogP contribution in [0.3, 0.4) is 0 Å². The Labute approximate surface area is 111 Å². The van der Waals surface area contributed by atoms with Crippen molar-refractivity contribution in [2.45, 2.75) is 0 Å². The van der Waals surface area contributed by atoms with Crippen molar-refractivity contribution in [3.63, 3.8) is 0 Å². The van der Waals surface area contributed by atoms with Gasteiger partial charge in [-0.3, -0.25) is 4.79 Å². The van der Waals surface area contributed by atoms with Crippen molar-refractivity contribution in [1.29, 1.82) is 0 Å². The number of hydrogen-bond acceptors (Lipinski definition) is 4. The van der Waals surface area contributed by atoms with E-state index in [0.717, 1.165) is 6.07 Å². The predicted octanol–water partition coefficient (Wildman–Crippen LogP) is 2.57. The Balaban J connectivity index is 2.21. The maximum Gasteiger partial charge on any atom is 0.257 e. The van der Waals surface area contributed by atoms with Gasteiger partial charge in [-0.25, -0.2) is 15.0 Å². The lowest BCUT2D eigenvalue weighted by Gasteiger charge is -2.04. The maximum absolute atomic E-state index is 12.8. The third kappa shape index (κ3) is 3.12. The molecule has 0 aliphatic heterocycles. The van der Waals surface area contributed by atoms with E-state index in [0.29, 0.717) is 0 Å². The third-order valence-electron chi connectivity index (χ3n) is 1.90. The molecular weight excluding hydrogens is 282 g/mol. The molecule has 0 bridgehead atoms. The molecule has 0 saturated carbocycles. The number of aromatic nitrogens is 3. The van der Waals surface area contributed by atoms with E-state index in [1.807, 2.05) is 0 Å². The van der Waals surface area contributed by atoms with Gasteiger partial charge in [0.2, 0.25) is 11.2 Å². The van der Waals surface area contributed by atoms with Crippen LogP contribution in [0.1, 0.15) is 10.4 Å². The van der Waals surface area contributed by atoms with Gasteiger partial charge in [-0.05, 0) is 17.7 Å². The summed E-state index contributed by atoms with van der Waals surface area (Å²) in [5, 5.41) is 2.40. The zero-order valence-electron chi connectivity index (χ0n) is 8.69. The van der Waals surface area contributed by atoms with Crippen LogP contribution in [0.4, 0.5) is 10.2 Å². The first kappa shape index (κ1) is 12.7. The summed E-state index contributed by atoms with van der Waals surface area (Å²) in [6, 6.07) is 3.69. The van der Waals surface area contributed by atoms with E-state index in [1.165, 1.54) is 18.3 Å². The van der Waals surface area contributed by atoms with Crippen LogP contribution < -0.4 is 5.32 Å². The molecule has 2 aromatic heterocycles. The zero-order valence-corrected chi connectivity index (χ0v) is 10.2. The van der Waals surface area contributed by atoms with Crippen molar-refractivity contribution >= 4 is 34.9 Å². The number of amides is 1. The Morgan fingerprint density at radius 3 is 2.72 bits per heavy atom. The molecule has 0 saturated heterocycles. The van der Waals surface area contributed by atoms with Gasteiger partial charge in [-0.1, -0.05) is 11.6 Å². The van der Waals surface area contributed by atoms with E-state index in [-0.39, 0.29) is 21.8 Å². The quantitative estimate of drug-likeness (QED) is 0.523. The third-order valence-corrected chi connectivity index (χ3v) is 2.26.